The number of benzene rings is 1. The van der Waals surface area contributed by atoms with E-state index >= 15 is 0 Å². The minimum absolute atomic E-state index is 0.0361. The van der Waals surface area contributed by atoms with Crippen LogP contribution < -0.4 is 5.20 Å². The molecule has 2 saturated heterocycles. The van der Waals surface area contributed by atoms with Gasteiger partial charge in [0.2, 0.25) is 0 Å². The van der Waals surface area contributed by atoms with E-state index in [2.05, 4.69) is 10.3 Å². The first-order valence-corrected chi connectivity index (χ1v) is 7.86. The zero-order valence-electron chi connectivity index (χ0n) is 10.7. The van der Waals surface area contributed by atoms with Gasteiger partial charge in [0.25, 0.3) is 5.69 Å². The first-order valence-electron chi connectivity index (χ1n) is 6.25. The van der Waals surface area contributed by atoms with Crippen molar-refractivity contribution in [2.45, 2.75) is 0 Å². The van der Waals surface area contributed by atoms with E-state index < -0.39 is 12.5 Å². The molecule has 2 heterocycles. The van der Waals surface area contributed by atoms with Gasteiger partial charge in [0, 0.05) is 38.3 Å². The van der Waals surface area contributed by atoms with Crippen LogP contribution in [-0.2, 0) is 4.57 Å². The van der Waals surface area contributed by atoms with Gasteiger partial charge in [0.15, 0.2) is 0 Å². The molecule has 0 atom stereocenters. The number of nitro benzene ring substituents is 1. The zero-order chi connectivity index (χ0) is 14.2. The van der Waals surface area contributed by atoms with Gasteiger partial charge < -0.3 is 0 Å². The summed E-state index contributed by atoms with van der Waals surface area (Å²) in [6, 6.07) is 6.03. The molecule has 2 fully saturated rings. The fraction of sp³-hybridized carbons (Fsp3) is 0.364. The maximum atomic E-state index is 12.6. The second-order valence-corrected chi connectivity index (χ2v) is 7.08. The quantitative estimate of drug-likeness (QED) is 0.279. The molecule has 1 aromatic rings. The van der Waals surface area contributed by atoms with Crippen molar-refractivity contribution in [3.8, 4) is 0 Å². The number of hydrogen-bond donors (Lipinski definition) is 1. The highest BCUT2D eigenvalue weighted by Crippen LogP contribution is 2.56. The molecular weight excluding hydrogens is 281 g/mol. The molecule has 0 aromatic heterocycles. The first kappa shape index (κ1) is 13.2. The van der Waals surface area contributed by atoms with E-state index in [0.29, 0.717) is 5.56 Å². The molecule has 9 heteroatoms. The average Bonchev–Trinajstić information content (AvgIpc) is 3.31. The van der Waals surface area contributed by atoms with Crippen molar-refractivity contribution in [2.24, 2.45) is 5.10 Å². The van der Waals surface area contributed by atoms with Crippen LogP contribution in [0.5, 0.6) is 0 Å². The number of hydrazone groups is 1. The van der Waals surface area contributed by atoms with Gasteiger partial charge >= 0.3 is 7.59 Å². The Bertz CT molecular complexity index is 579. The van der Waals surface area contributed by atoms with Crippen molar-refractivity contribution in [3.63, 3.8) is 0 Å². The molecule has 0 radical (unpaired) electrons. The Morgan fingerprint density at radius 2 is 1.75 bits per heavy atom. The van der Waals surface area contributed by atoms with Gasteiger partial charge in [-0.05, 0) is 17.7 Å². The van der Waals surface area contributed by atoms with Crippen molar-refractivity contribution in [3.05, 3.63) is 39.9 Å². The van der Waals surface area contributed by atoms with Crippen molar-refractivity contribution in [1.82, 2.24) is 14.5 Å². The van der Waals surface area contributed by atoms with E-state index in [1.165, 1.54) is 18.3 Å². The largest absolute Gasteiger partial charge is 0.324 e. The molecule has 1 N–H and O–H groups in total. The molecule has 20 heavy (non-hydrogen) atoms. The number of rotatable bonds is 6. The van der Waals surface area contributed by atoms with Gasteiger partial charge in [-0.3, -0.25) is 14.7 Å². The second-order valence-electron chi connectivity index (χ2n) is 4.66. The summed E-state index contributed by atoms with van der Waals surface area (Å²) < 4.78 is 16.3. The Hall–Kier alpha value is -1.76. The highest BCUT2D eigenvalue weighted by molar-refractivity contribution is 7.57. The molecule has 0 bridgehead atoms. The van der Waals surface area contributed by atoms with Crippen LogP contribution in [0, 0.1) is 10.1 Å². The summed E-state index contributed by atoms with van der Waals surface area (Å²) >= 11 is 0. The van der Waals surface area contributed by atoms with Gasteiger partial charge in [-0.1, -0.05) is 0 Å². The van der Waals surface area contributed by atoms with Gasteiger partial charge in [-0.15, -0.1) is 0 Å². The molecule has 0 unspecified atom stereocenters. The third kappa shape index (κ3) is 2.72. The fourth-order valence-electron chi connectivity index (χ4n) is 1.80. The van der Waals surface area contributed by atoms with Crippen molar-refractivity contribution in [2.75, 3.05) is 26.2 Å². The second kappa shape index (κ2) is 4.97. The smallest absolute Gasteiger partial charge is 0.262 e. The lowest BCUT2D eigenvalue weighted by molar-refractivity contribution is -0.384. The van der Waals surface area contributed by atoms with Crippen LogP contribution in [0.3, 0.4) is 0 Å². The third-order valence-electron chi connectivity index (χ3n) is 3.12. The molecule has 0 saturated carbocycles. The van der Waals surface area contributed by atoms with Gasteiger partial charge in [0.1, 0.15) is 0 Å². The van der Waals surface area contributed by atoms with E-state index in [1.807, 2.05) is 9.34 Å². The lowest BCUT2D eigenvalue weighted by Gasteiger charge is -2.18. The highest BCUT2D eigenvalue weighted by Gasteiger charge is 2.48. The van der Waals surface area contributed by atoms with E-state index in [9.17, 15) is 14.7 Å². The van der Waals surface area contributed by atoms with Gasteiger partial charge in [-0.25, -0.2) is 14.5 Å². The SMILES string of the molecule is O=[N+]([O-])c1ccc(/C=N/NP(=O)(N2CC2)N2CC2)cc1. The number of nitro groups is 1. The standard InChI is InChI=1S/C11H14N5O3P/c17-16(18)11-3-1-10(2-4-11)9-12-13-20(19,14-5-6-14)15-7-8-15/h1-4,9H,5-8H2,(H,13,19)/b12-9+. The minimum Gasteiger partial charge on any atom is -0.262 e. The minimum atomic E-state index is -2.69. The summed E-state index contributed by atoms with van der Waals surface area (Å²) in [7, 11) is -2.69. The topological polar surface area (TPSA) is 90.6 Å². The lowest BCUT2D eigenvalue weighted by atomic mass is 10.2. The molecule has 2 aliphatic heterocycles. The molecule has 0 aliphatic carbocycles. The third-order valence-corrected chi connectivity index (χ3v) is 5.83. The van der Waals surface area contributed by atoms with E-state index in [1.54, 1.807) is 12.1 Å². The maximum Gasteiger partial charge on any atom is 0.324 e. The predicted molar refractivity (Wildman–Crippen MR) is 74.6 cm³/mol. The predicted octanol–water partition coefficient (Wildman–Crippen LogP) is 1.26. The molecule has 0 amide bonds. The Morgan fingerprint density at radius 3 is 2.20 bits per heavy atom. The fourth-order valence-corrected chi connectivity index (χ4v) is 3.88. The van der Waals surface area contributed by atoms with Gasteiger partial charge in [0.05, 0.1) is 11.1 Å². The summed E-state index contributed by atoms with van der Waals surface area (Å²) in [4.78, 5) is 10.1. The van der Waals surface area contributed by atoms with Crippen LogP contribution >= 0.6 is 7.59 Å². The summed E-state index contributed by atoms with van der Waals surface area (Å²) in [6.07, 6.45) is 1.52. The highest BCUT2D eigenvalue weighted by atomic mass is 31.2. The number of non-ortho nitro benzene ring substituents is 1. The normalized spacial score (nSPS) is 19.2. The van der Waals surface area contributed by atoms with Crippen LogP contribution in [0.4, 0.5) is 5.69 Å². The summed E-state index contributed by atoms with van der Waals surface area (Å²) in [5, 5.41) is 17.3. The Morgan fingerprint density at radius 1 is 1.20 bits per heavy atom. The van der Waals surface area contributed by atoms with Gasteiger partial charge in [-0.2, -0.15) is 5.10 Å². The first-order chi connectivity index (χ1) is 9.59. The number of nitrogens with zero attached hydrogens (tertiary/aromatic N) is 4. The van der Waals surface area contributed by atoms with Crippen LogP contribution in [0.1, 0.15) is 5.56 Å². The molecule has 8 nitrogen and oxygen atoms in total. The van der Waals surface area contributed by atoms with Crippen molar-refractivity contribution < 1.29 is 9.49 Å². The summed E-state index contributed by atoms with van der Waals surface area (Å²) in [5.74, 6) is 0. The molecule has 0 spiro atoms. The lowest BCUT2D eigenvalue weighted by Crippen LogP contribution is -2.16. The zero-order valence-corrected chi connectivity index (χ0v) is 11.6. The van der Waals surface area contributed by atoms with E-state index in [4.69, 9.17) is 0 Å². The van der Waals surface area contributed by atoms with E-state index in [0.717, 1.165) is 26.2 Å². The summed E-state index contributed by atoms with van der Waals surface area (Å²) in [6.45, 7) is 3.31. The molecule has 2 aliphatic rings. The Kier molecular flexibility index (Phi) is 3.29. The van der Waals surface area contributed by atoms with Crippen LogP contribution in [0.25, 0.3) is 0 Å². The monoisotopic (exact) mass is 295 g/mol. The van der Waals surface area contributed by atoms with Crippen LogP contribution in [0.15, 0.2) is 29.4 Å². The van der Waals surface area contributed by atoms with E-state index in [-0.39, 0.29) is 5.69 Å². The van der Waals surface area contributed by atoms with Crippen molar-refractivity contribution >= 4 is 19.5 Å². The average molecular weight is 295 g/mol. The maximum absolute atomic E-state index is 12.6. The molecular formula is C11H14N5O3P. The van der Waals surface area contributed by atoms with Crippen LogP contribution in [-0.4, -0.2) is 46.7 Å². The molecule has 106 valence electrons. The number of hydrogen-bond acceptors (Lipinski definition) is 4. The summed E-state index contributed by atoms with van der Waals surface area (Å²) in [5.41, 5.74) is 0.750. The Balaban J connectivity index is 1.65. The number of nitrogens with one attached hydrogen (secondary N) is 1. The van der Waals surface area contributed by atoms with Crippen LogP contribution in [0.2, 0.25) is 0 Å². The van der Waals surface area contributed by atoms with Crippen molar-refractivity contribution in [1.29, 1.82) is 0 Å². The molecule has 1 aromatic carbocycles. The molecule has 3 rings (SSSR count). The Labute approximate surface area is 115 Å².